The molecule has 0 aliphatic rings. The number of nitro groups is 1. The Morgan fingerprint density at radius 1 is 1.12 bits per heavy atom. The van der Waals surface area contributed by atoms with Crippen molar-refractivity contribution in [3.8, 4) is 0 Å². The summed E-state index contributed by atoms with van der Waals surface area (Å²) in [6, 6.07) is 14.9. The topological polar surface area (TPSA) is 85.1 Å². The number of benzene rings is 2. The summed E-state index contributed by atoms with van der Waals surface area (Å²) in [7, 11) is 0. The first-order valence-electron chi connectivity index (χ1n) is 7.73. The number of pyridine rings is 1. The van der Waals surface area contributed by atoms with Gasteiger partial charge in [0.25, 0.3) is 0 Å². The second-order valence-electron chi connectivity index (χ2n) is 5.59. The fraction of sp³-hybridized carbons (Fsp3) is 0.0526. The van der Waals surface area contributed by atoms with Crippen molar-refractivity contribution in [2.75, 3.05) is 5.32 Å². The molecule has 0 amide bonds. The molecule has 0 spiro atoms. The van der Waals surface area contributed by atoms with Gasteiger partial charge in [-0.2, -0.15) is 0 Å². The number of carbonyl (C=O) groups excluding carboxylic acids is 1. The van der Waals surface area contributed by atoms with E-state index in [2.05, 4.69) is 10.3 Å². The summed E-state index contributed by atoms with van der Waals surface area (Å²) in [5.41, 5.74) is 2.15. The van der Waals surface area contributed by atoms with Crippen LogP contribution >= 0.6 is 11.6 Å². The molecule has 2 aromatic carbocycles. The highest BCUT2D eigenvalue weighted by atomic mass is 35.5. The minimum atomic E-state index is -0.521. The lowest BCUT2D eigenvalue weighted by molar-refractivity contribution is -0.384. The number of anilines is 2. The number of rotatable bonds is 5. The van der Waals surface area contributed by atoms with Crippen molar-refractivity contribution in [2.45, 2.75) is 6.92 Å². The van der Waals surface area contributed by atoms with E-state index in [1.54, 1.807) is 30.3 Å². The maximum atomic E-state index is 12.7. The molecule has 0 bridgehead atoms. The van der Waals surface area contributed by atoms with Gasteiger partial charge in [0, 0.05) is 29.1 Å². The van der Waals surface area contributed by atoms with Crippen LogP contribution in [0.25, 0.3) is 0 Å². The Labute approximate surface area is 154 Å². The summed E-state index contributed by atoms with van der Waals surface area (Å²) in [4.78, 5) is 27.2. The van der Waals surface area contributed by atoms with E-state index in [1.165, 1.54) is 18.3 Å². The summed E-state index contributed by atoms with van der Waals surface area (Å²) < 4.78 is 0. The summed E-state index contributed by atoms with van der Waals surface area (Å²) >= 11 is 6.28. The second kappa shape index (κ2) is 7.33. The van der Waals surface area contributed by atoms with E-state index in [-0.39, 0.29) is 22.3 Å². The molecule has 3 aromatic rings. The predicted octanol–water partition coefficient (Wildman–Crippen LogP) is 4.93. The molecule has 130 valence electrons. The highest BCUT2D eigenvalue weighted by Crippen LogP contribution is 2.29. The van der Waals surface area contributed by atoms with Crippen LogP contribution in [0.5, 0.6) is 0 Å². The van der Waals surface area contributed by atoms with Crippen molar-refractivity contribution in [3.05, 3.63) is 92.6 Å². The quantitative estimate of drug-likeness (QED) is 0.392. The fourth-order valence-corrected chi connectivity index (χ4v) is 2.79. The molecule has 0 radical (unpaired) electrons. The molecule has 0 aliphatic carbocycles. The zero-order valence-electron chi connectivity index (χ0n) is 13.8. The molecule has 0 aliphatic heterocycles. The lowest BCUT2D eigenvalue weighted by Gasteiger charge is -2.10. The predicted molar refractivity (Wildman–Crippen MR) is 100 cm³/mol. The minimum absolute atomic E-state index is 0.103. The van der Waals surface area contributed by atoms with Gasteiger partial charge in [0.05, 0.1) is 9.95 Å². The molecule has 6 nitrogen and oxygen atoms in total. The van der Waals surface area contributed by atoms with E-state index in [9.17, 15) is 14.9 Å². The summed E-state index contributed by atoms with van der Waals surface area (Å²) in [5, 5.41) is 14.2. The average Bonchev–Trinajstić information content (AvgIpc) is 2.62. The molecule has 0 atom stereocenters. The largest absolute Gasteiger partial charge is 0.334 e. The SMILES string of the molecule is Cc1ccccc1C(=O)c1ccc(Nc2ncccc2[N+](=O)[O-])cc1Cl. The van der Waals surface area contributed by atoms with Gasteiger partial charge in [0.1, 0.15) is 0 Å². The molecule has 0 fully saturated rings. The highest BCUT2D eigenvalue weighted by molar-refractivity contribution is 6.35. The Bertz CT molecular complexity index is 1000. The van der Waals surface area contributed by atoms with Crippen LogP contribution in [0.1, 0.15) is 21.5 Å². The Kier molecular flexibility index (Phi) is 4.95. The summed E-state index contributed by atoms with van der Waals surface area (Å²) in [5.74, 6) is -0.0741. The smallest absolute Gasteiger partial charge is 0.311 e. The lowest BCUT2D eigenvalue weighted by Crippen LogP contribution is -2.05. The van der Waals surface area contributed by atoms with Crippen molar-refractivity contribution in [1.29, 1.82) is 0 Å². The van der Waals surface area contributed by atoms with Gasteiger partial charge in [-0.15, -0.1) is 0 Å². The third-order valence-corrected chi connectivity index (χ3v) is 4.16. The van der Waals surface area contributed by atoms with Crippen LogP contribution in [0.3, 0.4) is 0 Å². The zero-order valence-corrected chi connectivity index (χ0v) is 14.5. The van der Waals surface area contributed by atoms with Crippen molar-refractivity contribution in [1.82, 2.24) is 4.98 Å². The molecule has 0 saturated heterocycles. The number of aromatic nitrogens is 1. The molecule has 26 heavy (non-hydrogen) atoms. The van der Waals surface area contributed by atoms with E-state index in [1.807, 2.05) is 19.1 Å². The lowest BCUT2D eigenvalue weighted by atomic mass is 9.99. The van der Waals surface area contributed by atoms with Gasteiger partial charge in [0.2, 0.25) is 5.82 Å². The Hall–Kier alpha value is -3.25. The van der Waals surface area contributed by atoms with E-state index in [0.29, 0.717) is 16.8 Å². The first kappa shape index (κ1) is 17.6. The standard InChI is InChI=1S/C19H14ClN3O3/c1-12-5-2-3-6-14(12)18(24)15-9-8-13(11-16(15)20)22-19-17(23(25)26)7-4-10-21-19/h2-11H,1H3,(H,21,22). The number of carbonyl (C=O) groups is 1. The number of nitrogens with zero attached hydrogens (tertiary/aromatic N) is 2. The number of hydrogen-bond donors (Lipinski definition) is 1. The molecular weight excluding hydrogens is 354 g/mol. The average molecular weight is 368 g/mol. The van der Waals surface area contributed by atoms with Gasteiger partial charge in [-0.05, 0) is 36.8 Å². The normalized spacial score (nSPS) is 10.4. The van der Waals surface area contributed by atoms with Crippen LogP contribution in [0.15, 0.2) is 60.8 Å². The van der Waals surface area contributed by atoms with Gasteiger partial charge >= 0.3 is 5.69 Å². The first-order chi connectivity index (χ1) is 12.5. The number of aryl methyl sites for hydroxylation is 1. The van der Waals surface area contributed by atoms with Crippen molar-refractivity contribution >= 4 is 34.6 Å². The molecule has 1 N–H and O–H groups in total. The van der Waals surface area contributed by atoms with Crippen molar-refractivity contribution in [2.24, 2.45) is 0 Å². The molecule has 0 unspecified atom stereocenters. The second-order valence-corrected chi connectivity index (χ2v) is 6.00. The van der Waals surface area contributed by atoms with E-state index >= 15 is 0 Å². The first-order valence-corrected chi connectivity index (χ1v) is 8.11. The van der Waals surface area contributed by atoms with Crippen LogP contribution in [0, 0.1) is 17.0 Å². The molecule has 0 saturated carbocycles. The number of nitrogens with one attached hydrogen (secondary N) is 1. The van der Waals surface area contributed by atoms with Crippen LogP contribution < -0.4 is 5.32 Å². The van der Waals surface area contributed by atoms with Gasteiger partial charge < -0.3 is 5.32 Å². The van der Waals surface area contributed by atoms with Crippen LogP contribution in [-0.4, -0.2) is 15.7 Å². The molecule has 3 rings (SSSR count). The number of hydrogen-bond acceptors (Lipinski definition) is 5. The molecule has 7 heteroatoms. The Balaban J connectivity index is 1.90. The maximum absolute atomic E-state index is 12.7. The number of ketones is 1. The zero-order chi connectivity index (χ0) is 18.7. The highest BCUT2D eigenvalue weighted by Gasteiger charge is 2.17. The third kappa shape index (κ3) is 3.55. The number of halogens is 1. The van der Waals surface area contributed by atoms with E-state index < -0.39 is 4.92 Å². The van der Waals surface area contributed by atoms with Crippen LogP contribution in [0.2, 0.25) is 5.02 Å². The summed E-state index contributed by atoms with van der Waals surface area (Å²) in [6.45, 7) is 1.86. The van der Waals surface area contributed by atoms with Gasteiger partial charge in [-0.3, -0.25) is 14.9 Å². The van der Waals surface area contributed by atoms with Gasteiger partial charge in [0.15, 0.2) is 5.78 Å². The summed E-state index contributed by atoms with van der Waals surface area (Å²) in [6.07, 6.45) is 1.45. The van der Waals surface area contributed by atoms with E-state index in [0.717, 1.165) is 5.56 Å². The minimum Gasteiger partial charge on any atom is -0.334 e. The van der Waals surface area contributed by atoms with Crippen LogP contribution in [0.4, 0.5) is 17.2 Å². The van der Waals surface area contributed by atoms with Crippen molar-refractivity contribution < 1.29 is 9.72 Å². The van der Waals surface area contributed by atoms with Crippen LogP contribution in [-0.2, 0) is 0 Å². The third-order valence-electron chi connectivity index (χ3n) is 3.85. The van der Waals surface area contributed by atoms with Gasteiger partial charge in [-0.25, -0.2) is 4.98 Å². The maximum Gasteiger partial charge on any atom is 0.311 e. The van der Waals surface area contributed by atoms with Gasteiger partial charge in [-0.1, -0.05) is 35.9 Å². The molecular formula is C19H14ClN3O3. The van der Waals surface area contributed by atoms with Crippen molar-refractivity contribution in [3.63, 3.8) is 0 Å². The van der Waals surface area contributed by atoms with E-state index in [4.69, 9.17) is 11.6 Å². The molecule has 1 aromatic heterocycles. The monoisotopic (exact) mass is 367 g/mol. The fourth-order valence-electron chi connectivity index (χ4n) is 2.53. The Morgan fingerprint density at radius 3 is 2.58 bits per heavy atom. The Morgan fingerprint density at radius 2 is 1.88 bits per heavy atom. The molecule has 1 heterocycles.